The molecule has 0 spiro atoms. The van der Waals surface area contributed by atoms with Crippen molar-refractivity contribution in [2.24, 2.45) is 0 Å². The van der Waals surface area contributed by atoms with Gasteiger partial charge >= 0.3 is 12.3 Å². The number of hydrogen-bond donors (Lipinski definition) is 2. The summed E-state index contributed by atoms with van der Waals surface area (Å²) in [6.45, 7) is 1.07. The van der Waals surface area contributed by atoms with Gasteiger partial charge in [-0.05, 0) is 41.3 Å². The van der Waals surface area contributed by atoms with Crippen molar-refractivity contribution in [1.82, 2.24) is 5.32 Å². The number of ether oxygens (including phenoxy) is 1. The molecule has 0 radical (unpaired) electrons. The molecule has 32 heavy (non-hydrogen) atoms. The minimum Gasteiger partial charge on any atom is -0.463 e. The van der Waals surface area contributed by atoms with Crippen LogP contribution in [0.5, 0.6) is 0 Å². The quantitative estimate of drug-likeness (QED) is 0.543. The van der Waals surface area contributed by atoms with Crippen LogP contribution in [0.3, 0.4) is 0 Å². The number of aliphatic hydroxyl groups is 1. The van der Waals surface area contributed by atoms with Crippen LogP contribution in [0.4, 0.5) is 18.0 Å². The monoisotopic (exact) mass is 445 g/mol. The van der Waals surface area contributed by atoms with Gasteiger partial charge in [-0.3, -0.25) is 0 Å². The maximum Gasteiger partial charge on any atom is 0.424 e. The Hall–Kier alpha value is -3.26. The smallest absolute Gasteiger partial charge is 0.424 e. The maximum atomic E-state index is 13.5. The maximum absolute atomic E-state index is 13.5. The number of aryl methyl sites for hydroxylation is 1. The van der Waals surface area contributed by atoms with Gasteiger partial charge in [0.05, 0.1) is 0 Å². The van der Waals surface area contributed by atoms with Crippen molar-refractivity contribution in [2.75, 3.05) is 13.2 Å². The number of rotatable bonds is 6. The zero-order valence-corrected chi connectivity index (χ0v) is 17.3. The summed E-state index contributed by atoms with van der Waals surface area (Å²) in [4.78, 5) is 12.2. The Balaban J connectivity index is 1.38. The molecule has 3 aromatic rings. The SMILES string of the molecule is Cc1ccc(C(O)(CCNC(=O)OCC2c3ccccc3-c3ccccc32)C(F)(F)F)o1. The van der Waals surface area contributed by atoms with E-state index in [0.717, 1.165) is 28.3 Å². The molecule has 1 aliphatic rings. The first kappa shape index (κ1) is 22.0. The number of benzene rings is 2. The van der Waals surface area contributed by atoms with Crippen LogP contribution >= 0.6 is 0 Å². The molecule has 1 amide bonds. The second-order valence-corrected chi connectivity index (χ2v) is 7.77. The van der Waals surface area contributed by atoms with E-state index in [0.29, 0.717) is 0 Å². The molecule has 1 atom stereocenters. The lowest BCUT2D eigenvalue weighted by atomic mass is 9.96. The van der Waals surface area contributed by atoms with Gasteiger partial charge in [0.2, 0.25) is 5.60 Å². The fraction of sp³-hybridized carbons (Fsp3) is 0.292. The number of fused-ring (bicyclic) bond motifs is 3. The van der Waals surface area contributed by atoms with Crippen LogP contribution in [-0.2, 0) is 10.3 Å². The van der Waals surface area contributed by atoms with Crippen molar-refractivity contribution in [3.8, 4) is 11.1 Å². The summed E-state index contributed by atoms with van der Waals surface area (Å²) in [5, 5.41) is 12.6. The molecule has 4 rings (SSSR count). The molecule has 1 unspecified atom stereocenters. The molecule has 0 bridgehead atoms. The van der Waals surface area contributed by atoms with Crippen LogP contribution in [0, 0.1) is 6.92 Å². The van der Waals surface area contributed by atoms with E-state index in [4.69, 9.17) is 9.15 Å². The van der Waals surface area contributed by atoms with Crippen LogP contribution in [0.2, 0.25) is 0 Å². The third-order valence-corrected chi connectivity index (χ3v) is 5.72. The molecule has 1 heterocycles. The van der Waals surface area contributed by atoms with Gasteiger partial charge in [-0.25, -0.2) is 4.79 Å². The van der Waals surface area contributed by atoms with Crippen molar-refractivity contribution < 1.29 is 32.2 Å². The highest BCUT2D eigenvalue weighted by Crippen LogP contribution is 2.44. The van der Waals surface area contributed by atoms with Gasteiger partial charge in [0.25, 0.3) is 0 Å². The summed E-state index contributed by atoms with van der Waals surface area (Å²) in [5.41, 5.74) is 0.988. The highest BCUT2D eigenvalue weighted by atomic mass is 19.4. The summed E-state index contributed by atoms with van der Waals surface area (Å²) >= 11 is 0. The number of alkyl halides is 3. The van der Waals surface area contributed by atoms with Crippen LogP contribution < -0.4 is 5.32 Å². The lowest BCUT2D eigenvalue weighted by Gasteiger charge is -2.28. The van der Waals surface area contributed by atoms with E-state index in [1.165, 1.54) is 13.0 Å². The molecule has 0 fully saturated rings. The van der Waals surface area contributed by atoms with Gasteiger partial charge in [0.1, 0.15) is 18.1 Å². The van der Waals surface area contributed by atoms with Crippen molar-refractivity contribution in [3.05, 3.63) is 83.3 Å². The van der Waals surface area contributed by atoms with Crippen LogP contribution in [-0.4, -0.2) is 30.5 Å². The van der Waals surface area contributed by atoms with Crippen molar-refractivity contribution >= 4 is 6.09 Å². The van der Waals surface area contributed by atoms with Gasteiger partial charge in [0, 0.05) is 18.9 Å². The highest BCUT2D eigenvalue weighted by molar-refractivity contribution is 5.79. The molecule has 0 saturated heterocycles. The fourth-order valence-corrected chi connectivity index (χ4v) is 4.06. The third-order valence-electron chi connectivity index (χ3n) is 5.72. The van der Waals surface area contributed by atoms with E-state index in [9.17, 15) is 23.1 Å². The van der Waals surface area contributed by atoms with Crippen LogP contribution in [0.1, 0.15) is 35.0 Å². The third kappa shape index (κ3) is 3.98. The lowest BCUT2D eigenvalue weighted by Crippen LogP contribution is -2.44. The van der Waals surface area contributed by atoms with Gasteiger partial charge in [-0.15, -0.1) is 0 Å². The summed E-state index contributed by atoms with van der Waals surface area (Å²) in [6, 6.07) is 18.1. The second-order valence-electron chi connectivity index (χ2n) is 7.77. The van der Waals surface area contributed by atoms with E-state index < -0.39 is 36.6 Å². The zero-order valence-electron chi connectivity index (χ0n) is 17.3. The summed E-state index contributed by atoms with van der Waals surface area (Å²) in [7, 11) is 0. The van der Waals surface area contributed by atoms with Crippen molar-refractivity contribution in [1.29, 1.82) is 0 Å². The molecular weight excluding hydrogens is 423 g/mol. The molecule has 1 aliphatic carbocycles. The molecule has 5 nitrogen and oxygen atoms in total. The van der Waals surface area contributed by atoms with Crippen LogP contribution in [0.15, 0.2) is 65.1 Å². The topological polar surface area (TPSA) is 71.7 Å². The standard InChI is InChI=1S/C24H22F3NO4/c1-15-10-11-21(32-15)23(30,24(25,26)27)12-13-28-22(29)31-14-20-18-8-4-2-6-16(18)17-7-3-5-9-19(17)20/h2-11,20,30H,12-14H2,1H3,(H,28,29). The molecule has 2 N–H and O–H groups in total. The molecule has 8 heteroatoms. The molecular formula is C24H22F3NO4. The fourth-order valence-electron chi connectivity index (χ4n) is 4.06. The molecule has 2 aromatic carbocycles. The summed E-state index contributed by atoms with van der Waals surface area (Å²) in [6.07, 6.45) is -6.64. The van der Waals surface area contributed by atoms with Gasteiger partial charge < -0.3 is 19.6 Å². The minimum atomic E-state index is -4.97. The van der Waals surface area contributed by atoms with E-state index in [-0.39, 0.29) is 18.3 Å². The number of alkyl carbamates (subject to hydrolysis) is 1. The molecule has 0 aliphatic heterocycles. The Morgan fingerprint density at radius 1 is 1.03 bits per heavy atom. The number of nitrogens with one attached hydrogen (secondary N) is 1. The number of carbonyl (C=O) groups excluding carboxylic acids is 1. The number of hydrogen-bond acceptors (Lipinski definition) is 4. The number of carbonyl (C=O) groups is 1. The average Bonchev–Trinajstić information content (AvgIpc) is 3.33. The predicted octanol–water partition coefficient (Wildman–Crippen LogP) is 5.27. The van der Waals surface area contributed by atoms with Gasteiger partial charge in [-0.2, -0.15) is 13.2 Å². The summed E-state index contributed by atoms with van der Waals surface area (Å²) in [5.74, 6) is -0.532. The van der Waals surface area contributed by atoms with Crippen molar-refractivity contribution in [3.63, 3.8) is 0 Å². The Kier molecular flexibility index (Phi) is 5.73. The van der Waals surface area contributed by atoms with E-state index in [2.05, 4.69) is 5.32 Å². The highest BCUT2D eigenvalue weighted by Gasteiger charge is 2.56. The molecule has 1 aromatic heterocycles. The largest absolute Gasteiger partial charge is 0.463 e. The van der Waals surface area contributed by atoms with E-state index in [1.54, 1.807) is 0 Å². The summed E-state index contributed by atoms with van der Waals surface area (Å²) < 4.78 is 50.8. The van der Waals surface area contributed by atoms with Crippen molar-refractivity contribution in [2.45, 2.75) is 31.0 Å². The zero-order chi connectivity index (χ0) is 22.9. The lowest BCUT2D eigenvalue weighted by molar-refractivity contribution is -0.274. The first-order valence-electron chi connectivity index (χ1n) is 10.2. The minimum absolute atomic E-state index is 0.0424. The Labute approximate surface area is 182 Å². The molecule has 0 saturated carbocycles. The number of furan rings is 1. The van der Waals surface area contributed by atoms with E-state index >= 15 is 0 Å². The van der Waals surface area contributed by atoms with Gasteiger partial charge in [-0.1, -0.05) is 48.5 Å². The second kappa shape index (κ2) is 8.35. The first-order chi connectivity index (χ1) is 15.2. The molecule has 168 valence electrons. The Bertz CT molecular complexity index is 1080. The number of halogens is 3. The first-order valence-corrected chi connectivity index (χ1v) is 10.2. The average molecular weight is 445 g/mol. The Morgan fingerprint density at radius 3 is 2.16 bits per heavy atom. The predicted molar refractivity (Wildman–Crippen MR) is 111 cm³/mol. The Morgan fingerprint density at radius 2 is 1.62 bits per heavy atom. The van der Waals surface area contributed by atoms with Crippen LogP contribution in [0.25, 0.3) is 11.1 Å². The normalized spacial score (nSPS) is 15.0. The van der Waals surface area contributed by atoms with E-state index in [1.807, 2.05) is 48.5 Å². The van der Waals surface area contributed by atoms with Gasteiger partial charge in [0.15, 0.2) is 0 Å². The number of amides is 1.